The zero-order valence-corrected chi connectivity index (χ0v) is 15.4. The lowest BCUT2D eigenvalue weighted by atomic mass is 10.2. The molecule has 1 saturated heterocycles. The van der Waals surface area contributed by atoms with E-state index in [2.05, 4.69) is 4.74 Å². The Balaban J connectivity index is 1.64. The molecule has 1 heterocycles. The average Bonchev–Trinajstić information content (AvgIpc) is 2.95. The highest BCUT2D eigenvalue weighted by Crippen LogP contribution is 2.32. The number of esters is 1. The van der Waals surface area contributed by atoms with Crippen molar-refractivity contribution in [2.75, 3.05) is 13.7 Å². The van der Waals surface area contributed by atoms with Gasteiger partial charge in [-0.3, -0.25) is 19.3 Å². The van der Waals surface area contributed by atoms with Crippen molar-refractivity contribution in [1.29, 1.82) is 0 Å². The van der Waals surface area contributed by atoms with Crippen molar-refractivity contribution in [3.8, 4) is 5.75 Å². The van der Waals surface area contributed by atoms with Crippen molar-refractivity contribution in [3.05, 3.63) is 70.6 Å². The van der Waals surface area contributed by atoms with Crippen molar-refractivity contribution >= 4 is 35.0 Å². The van der Waals surface area contributed by atoms with Crippen LogP contribution in [0.4, 0.5) is 4.79 Å². The van der Waals surface area contributed by atoms with Gasteiger partial charge in [-0.25, -0.2) is 0 Å². The topological polar surface area (TPSA) is 72.9 Å². The minimum atomic E-state index is -0.640. The third-order valence-corrected chi connectivity index (χ3v) is 4.72. The number of hydrogen-bond acceptors (Lipinski definition) is 6. The molecule has 1 aliphatic heterocycles. The van der Waals surface area contributed by atoms with E-state index in [1.807, 2.05) is 30.3 Å². The molecule has 6 nitrogen and oxygen atoms in total. The van der Waals surface area contributed by atoms with Crippen LogP contribution in [0, 0.1) is 0 Å². The van der Waals surface area contributed by atoms with Gasteiger partial charge in [0.15, 0.2) is 0 Å². The first-order valence-electron chi connectivity index (χ1n) is 8.16. The maximum atomic E-state index is 12.3. The molecule has 0 aromatic heterocycles. The number of carbonyl (C=O) groups excluding carboxylic acids is 3. The number of carbonyl (C=O) groups is 3. The van der Waals surface area contributed by atoms with E-state index >= 15 is 0 Å². The molecule has 0 radical (unpaired) electrons. The Morgan fingerprint density at radius 1 is 1.07 bits per heavy atom. The normalized spacial score (nSPS) is 15.3. The van der Waals surface area contributed by atoms with Gasteiger partial charge in [0.2, 0.25) is 0 Å². The van der Waals surface area contributed by atoms with E-state index in [-0.39, 0.29) is 11.4 Å². The summed E-state index contributed by atoms with van der Waals surface area (Å²) in [6.45, 7) is 0.0807. The molecule has 0 N–H and O–H groups in total. The highest BCUT2D eigenvalue weighted by molar-refractivity contribution is 8.18. The van der Waals surface area contributed by atoms with E-state index in [9.17, 15) is 14.4 Å². The molecule has 2 amide bonds. The number of nitrogens with zero attached hydrogens (tertiary/aromatic N) is 1. The van der Waals surface area contributed by atoms with Gasteiger partial charge in [0.05, 0.1) is 12.0 Å². The number of hydrogen-bond donors (Lipinski definition) is 0. The molecule has 138 valence electrons. The maximum absolute atomic E-state index is 12.3. The number of methoxy groups -OCH3 is 1. The van der Waals surface area contributed by atoms with Crippen LogP contribution in [0.1, 0.15) is 11.1 Å². The highest BCUT2D eigenvalue weighted by atomic mass is 32.2. The number of imide groups is 1. The molecule has 2 aromatic rings. The predicted molar refractivity (Wildman–Crippen MR) is 102 cm³/mol. The highest BCUT2D eigenvalue weighted by Gasteiger charge is 2.36. The van der Waals surface area contributed by atoms with Crippen LogP contribution in [0.3, 0.4) is 0 Å². The third-order valence-electron chi connectivity index (χ3n) is 3.81. The van der Waals surface area contributed by atoms with E-state index in [1.165, 1.54) is 7.11 Å². The van der Waals surface area contributed by atoms with E-state index < -0.39 is 17.1 Å². The molecule has 0 aliphatic carbocycles. The second-order valence-electron chi connectivity index (χ2n) is 5.69. The van der Waals surface area contributed by atoms with Gasteiger partial charge in [0, 0.05) is 0 Å². The number of benzene rings is 2. The van der Waals surface area contributed by atoms with Gasteiger partial charge < -0.3 is 9.47 Å². The van der Waals surface area contributed by atoms with E-state index in [1.54, 1.807) is 30.3 Å². The number of ether oxygens (including phenoxy) is 2. The first-order chi connectivity index (χ1) is 13.1. The molecule has 0 atom stereocenters. The molecule has 1 aliphatic rings. The summed E-state index contributed by atoms with van der Waals surface area (Å²) in [7, 11) is 1.21. The fourth-order valence-electron chi connectivity index (χ4n) is 2.38. The molecule has 0 spiro atoms. The summed E-state index contributed by atoms with van der Waals surface area (Å²) < 4.78 is 10.2. The van der Waals surface area contributed by atoms with E-state index in [4.69, 9.17) is 4.74 Å². The second-order valence-corrected chi connectivity index (χ2v) is 6.68. The minimum absolute atomic E-state index is 0.266. The fourth-order valence-corrected chi connectivity index (χ4v) is 3.22. The Bertz CT molecular complexity index is 877. The zero-order valence-electron chi connectivity index (χ0n) is 14.6. The largest absolute Gasteiger partial charge is 0.489 e. The molecule has 1 fully saturated rings. The Hall–Kier alpha value is -3.06. The van der Waals surface area contributed by atoms with Gasteiger partial charge >= 0.3 is 5.97 Å². The first-order valence-corrected chi connectivity index (χ1v) is 8.97. The summed E-state index contributed by atoms with van der Waals surface area (Å²) in [6, 6.07) is 17.0. The molecular formula is C20H17NO5S. The molecule has 0 unspecified atom stereocenters. The number of thioether (sulfide) groups is 1. The Labute approximate surface area is 160 Å². The monoisotopic (exact) mass is 383 g/mol. The SMILES string of the molecule is COC(=O)CN1C(=O)S/C(=C/c2ccc(OCc3ccccc3)cc2)C1=O. The van der Waals surface area contributed by atoms with Crippen LogP contribution in [0.5, 0.6) is 5.75 Å². The van der Waals surface area contributed by atoms with Crippen molar-refractivity contribution < 1.29 is 23.9 Å². The van der Waals surface area contributed by atoms with E-state index in [0.29, 0.717) is 12.4 Å². The molecular weight excluding hydrogens is 366 g/mol. The van der Waals surface area contributed by atoms with Crippen LogP contribution in [-0.2, 0) is 20.9 Å². The number of rotatable bonds is 6. The van der Waals surface area contributed by atoms with Crippen molar-refractivity contribution in [1.82, 2.24) is 4.90 Å². The average molecular weight is 383 g/mol. The van der Waals surface area contributed by atoms with Crippen LogP contribution < -0.4 is 4.74 Å². The van der Waals surface area contributed by atoms with Crippen LogP contribution in [-0.4, -0.2) is 35.7 Å². The van der Waals surface area contributed by atoms with Crippen molar-refractivity contribution in [2.45, 2.75) is 6.61 Å². The molecule has 2 aromatic carbocycles. The van der Waals surface area contributed by atoms with Crippen molar-refractivity contribution in [3.63, 3.8) is 0 Å². The molecule has 7 heteroatoms. The summed E-state index contributed by atoms with van der Waals surface area (Å²) in [5.41, 5.74) is 1.83. The van der Waals surface area contributed by atoms with Gasteiger partial charge in [-0.2, -0.15) is 0 Å². The van der Waals surface area contributed by atoms with Gasteiger partial charge in [-0.1, -0.05) is 42.5 Å². The standard InChI is InChI=1S/C20H17NO5S/c1-25-18(22)12-21-19(23)17(27-20(21)24)11-14-7-9-16(10-8-14)26-13-15-5-3-2-4-6-15/h2-11H,12-13H2,1H3/b17-11+. The first kappa shape index (κ1) is 18.7. The smallest absolute Gasteiger partial charge is 0.325 e. The second kappa shape index (κ2) is 8.55. The lowest BCUT2D eigenvalue weighted by molar-refractivity contribution is -0.143. The van der Waals surface area contributed by atoms with Crippen molar-refractivity contribution in [2.24, 2.45) is 0 Å². The fraction of sp³-hybridized carbons (Fsp3) is 0.150. The molecule has 27 heavy (non-hydrogen) atoms. The van der Waals surface area contributed by atoms with Gasteiger partial charge in [-0.15, -0.1) is 0 Å². The zero-order chi connectivity index (χ0) is 19.2. The predicted octanol–water partition coefficient (Wildman–Crippen LogP) is 3.47. The third kappa shape index (κ3) is 4.77. The van der Waals surface area contributed by atoms with Crippen LogP contribution >= 0.6 is 11.8 Å². The summed E-state index contributed by atoms with van der Waals surface area (Å²) in [4.78, 5) is 36.6. The van der Waals surface area contributed by atoms with Crippen LogP contribution in [0.25, 0.3) is 6.08 Å². The summed E-state index contributed by atoms with van der Waals surface area (Å²) in [5.74, 6) is -0.437. The quantitative estimate of drug-likeness (QED) is 0.562. The van der Waals surface area contributed by atoms with Gasteiger partial charge in [-0.05, 0) is 41.1 Å². The van der Waals surface area contributed by atoms with E-state index in [0.717, 1.165) is 27.8 Å². The summed E-state index contributed by atoms with van der Waals surface area (Å²) in [5, 5.41) is -0.487. The maximum Gasteiger partial charge on any atom is 0.325 e. The molecule has 0 saturated carbocycles. The van der Waals surface area contributed by atoms with Crippen LogP contribution in [0.2, 0.25) is 0 Å². The van der Waals surface area contributed by atoms with Gasteiger partial charge in [0.25, 0.3) is 11.1 Å². The van der Waals surface area contributed by atoms with Crippen LogP contribution in [0.15, 0.2) is 59.5 Å². The minimum Gasteiger partial charge on any atom is -0.489 e. The lowest BCUT2D eigenvalue weighted by Crippen LogP contribution is -2.34. The Morgan fingerprint density at radius 3 is 2.44 bits per heavy atom. The summed E-state index contributed by atoms with van der Waals surface area (Å²) in [6.07, 6.45) is 1.61. The molecule has 0 bridgehead atoms. The summed E-state index contributed by atoms with van der Waals surface area (Å²) >= 11 is 0.800. The Kier molecular flexibility index (Phi) is 5.93. The van der Waals surface area contributed by atoms with Gasteiger partial charge in [0.1, 0.15) is 18.9 Å². The molecule has 3 rings (SSSR count). The lowest BCUT2D eigenvalue weighted by Gasteiger charge is -2.09. The number of amides is 2. The Morgan fingerprint density at radius 2 is 1.78 bits per heavy atom.